The first-order valence-electron chi connectivity index (χ1n) is 10.2. The predicted octanol–water partition coefficient (Wildman–Crippen LogP) is 7.35. The van der Waals surface area contributed by atoms with Crippen LogP contribution < -0.4 is 4.90 Å². The molecule has 4 aromatic rings. The van der Waals surface area contributed by atoms with E-state index >= 15 is 0 Å². The highest BCUT2D eigenvalue weighted by Crippen LogP contribution is 2.45. The van der Waals surface area contributed by atoms with Gasteiger partial charge in [0.05, 0.1) is 18.2 Å². The highest BCUT2D eigenvalue weighted by molar-refractivity contribution is 9.10. The van der Waals surface area contributed by atoms with Crippen LogP contribution in [-0.4, -0.2) is 26.3 Å². The molecule has 4 heteroatoms. The molecule has 2 nitrogen and oxygen atoms in total. The minimum atomic E-state index is 0.790. The number of morpholine rings is 1. The Balaban J connectivity index is 1.59. The number of thiophene rings is 1. The second kappa shape index (κ2) is 8.76. The highest BCUT2D eigenvalue weighted by atomic mass is 79.9. The van der Waals surface area contributed by atoms with E-state index in [4.69, 9.17) is 4.74 Å². The van der Waals surface area contributed by atoms with Crippen LogP contribution in [0, 0.1) is 0 Å². The maximum absolute atomic E-state index is 5.59. The van der Waals surface area contributed by atoms with Crippen molar-refractivity contribution in [1.82, 2.24) is 0 Å². The second-order valence-corrected chi connectivity index (χ2v) is 9.15. The van der Waals surface area contributed by atoms with Crippen LogP contribution in [0.1, 0.15) is 0 Å². The van der Waals surface area contributed by atoms with Crippen molar-refractivity contribution < 1.29 is 4.74 Å². The number of rotatable bonds is 4. The average molecular weight is 476 g/mol. The summed E-state index contributed by atoms with van der Waals surface area (Å²) in [6.07, 6.45) is 0. The van der Waals surface area contributed by atoms with Gasteiger partial charge in [-0.1, -0.05) is 82.7 Å². The molecule has 150 valence electrons. The molecular weight excluding hydrogens is 454 g/mol. The Morgan fingerprint density at radius 1 is 0.700 bits per heavy atom. The Morgan fingerprint density at radius 2 is 1.30 bits per heavy atom. The van der Waals surface area contributed by atoms with Gasteiger partial charge in [0.1, 0.15) is 0 Å². The molecule has 1 aliphatic rings. The summed E-state index contributed by atoms with van der Waals surface area (Å²) in [6.45, 7) is 3.46. The first kappa shape index (κ1) is 19.6. The third-order valence-corrected chi connectivity index (χ3v) is 7.07. The summed E-state index contributed by atoms with van der Waals surface area (Å²) in [6, 6.07) is 28.2. The number of ether oxygens (including phenoxy) is 1. The number of nitrogens with zero attached hydrogens (tertiary/aromatic N) is 1. The fraction of sp³-hybridized carbons (Fsp3) is 0.154. The lowest BCUT2D eigenvalue weighted by Gasteiger charge is -2.29. The summed E-state index contributed by atoms with van der Waals surface area (Å²) in [5.74, 6) is 0. The predicted molar refractivity (Wildman–Crippen MR) is 131 cm³/mol. The van der Waals surface area contributed by atoms with Crippen molar-refractivity contribution in [3.63, 3.8) is 0 Å². The molecule has 0 unspecified atom stereocenters. The molecule has 0 aliphatic carbocycles. The van der Waals surface area contributed by atoms with Crippen molar-refractivity contribution >= 4 is 32.3 Å². The molecule has 0 saturated carbocycles. The molecule has 0 radical (unpaired) electrons. The number of halogens is 1. The van der Waals surface area contributed by atoms with Gasteiger partial charge in [0.15, 0.2) is 0 Å². The van der Waals surface area contributed by atoms with Crippen LogP contribution in [0.3, 0.4) is 0 Å². The second-order valence-electron chi connectivity index (χ2n) is 7.38. The molecular formula is C26H22BrNOS. The molecule has 1 aliphatic heterocycles. The molecule has 1 aromatic heterocycles. The van der Waals surface area contributed by atoms with E-state index in [1.165, 1.54) is 38.4 Å². The molecule has 3 aromatic carbocycles. The Morgan fingerprint density at radius 3 is 2.00 bits per heavy atom. The van der Waals surface area contributed by atoms with Crippen molar-refractivity contribution in [2.24, 2.45) is 0 Å². The first-order valence-corrected chi connectivity index (χ1v) is 11.8. The zero-order chi connectivity index (χ0) is 20.3. The van der Waals surface area contributed by atoms with Crippen molar-refractivity contribution in [2.75, 3.05) is 31.2 Å². The molecule has 30 heavy (non-hydrogen) atoms. The van der Waals surface area contributed by atoms with Crippen molar-refractivity contribution in [3.05, 3.63) is 88.7 Å². The van der Waals surface area contributed by atoms with E-state index in [-0.39, 0.29) is 0 Å². The van der Waals surface area contributed by atoms with E-state index in [9.17, 15) is 0 Å². The minimum absolute atomic E-state index is 0.790. The summed E-state index contributed by atoms with van der Waals surface area (Å²) in [4.78, 5) is 2.47. The van der Waals surface area contributed by atoms with Gasteiger partial charge in [0.2, 0.25) is 0 Å². The van der Waals surface area contributed by atoms with Gasteiger partial charge < -0.3 is 9.64 Å². The van der Waals surface area contributed by atoms with Crippen molar-refractivity contribution in [2.45, 2.75) is 0 Å². The smallest absolute Gasteiger partial charge is 0.0996 e. The Bertz CT molecular complexity index is 1110. The van der Waals surface area contributed by atoms with E-state index in [1.807, 2.05) is 11.3 Å². The molecule has 2 heterocycles. The van der Waals surface area contributed by atoms with Crippen LogP contribution in [0.4, 0.5) is 5.00 Å². The Labute approximate surface area is 189 Å². The number of benzene rings is 3. The third kappa shape index (κ3) is 3.95. The molecule has 0 spiro atoms. The monoisotopic (exact) mass is 475 g/mol. The highest BCUT2D eigenvalue weighted by Gasteiger charge is 2.21. The van der Waals surface area contributed by atoms with Gasteiger partial charge in [-0.05, 0) is 34.4 Å². The SMILES string of the molecule is Brc1ccc(-c2csc(N3CCOCC3)c2-c2ccc(-c3ccccc3)cc2)cc1. The van der Waals surface area contributed by atoms with Gasteiger partial charge in [-0.15, -0.1) is 11.3 Å². The average Bonchev–Trinajstić information content (AvgIpc) is 3.26. The summed E-state index contributed by atoms with van der Waals surface area (Å²) in [5.41, 5.74) is 7.61. The van der Waals surface area contributed by atoms with Crippen molar-refractivity contribution in [3.8, 4) is 33.4 Å². The topological polar surface area (TPSA) is 12.5 Å². The van der Waals surface area contributed by atoms with E-state index in [1.54, 1.807) is 0 Å². The molecule has 1 saturated heterocycles. The molecule has 5 rings (SSSR count). The van der Waals surface area contributed by atoms with Gasteiger partial charge in [-0.3, -0.25) is 0 Å². The number of hydrogen-bond donors (Lipinski definition) is 0. The summed E-state index contributed by atoms with van der Waals surface area (Å²) >= 11 is 5.40. The Hall–Kier alpha value is -2.40. The zero-order valence-corrected chi connectivity index (χ0v) is 19.0. The Kier molecular flexibility index (Phi) is 5.71. The standard InChI is InChI=1S/C26H22BrNOS/c27-23-12-10-21(11-13-23)24-18-30-26(28-14-16-29-17-15-28)25(24)22-8-6-20(7-9-22)19-4-2-1-3-5-19/h1-13,18H,14-17H2. The van der Waals surface area contributed by atoms with E-state index in [2.05, 4.69) is 105 Å². The summed E-state index contributed by atoms with van der Waals surface area (Å²) in [5, 5.41) is 3.64. The molecule has 0 atom stereocenters. The number of hydrogen-bond acceptors (Lipinski definition) is 3. The lowest BCUT2D eigenvalue weighted by atomic mass is 9.96. The van der Waals surface area contributed by atoms with Crippen LogP contribution in [0.2, 0.25) is 0 Å². The fourth-order valence-electron chi connectivity index (χ4n) is 3.93. The van der Waals surface area contributed by atoms with Crippen LogP contribution in [-0.2, 0) is 4.74 Å². The quantitative estimate of drug-likeness (QED) is 0.305. The first-order chi connectivity index (χ1) is 14.8. The molecule has 0 N–H and O–H groups in total. The molecule has 1 fully saturated rings. The largest absolute Gasteiger partial charge is 0.378 e. The third-order valence-electron chi connectivity index (χ3n) is 5.51. The zero-order valence-electron chi connectivity index (χ0n) is 16.6. The van der Waals surface area contributed by atoms with Crippen LogP contribution in [0.25, 0.3) is 33.4 Å². The van der Waals surface area contributed by atoms with Crippen molar-refractivity contribution in [1.29, 1.82) is 0 Å². The van der Waals surface area contributed by atoms with E-state index in [0.717, 1.165) is 30.8 Å². The van der Waals surface area contributed by atoms with Gasteiger partial charge in [0, 0.05) is 34.1 Å². The van der Waals surface area contributed by atoms with Crippen LogP contribution >= 0.6 is 27.3 Å². The maximum atomic E-state index is 5.59. The van der Waals surface area contributed by atoms with E-state index < -0.39 is 0 Å². The summed E-state index contributed by atoms with van der Waals surface area (Å²) < 4.78 is 6.69. The summed E-state index contributed by atoms with van der Waals surface area (Å²) in [7, 11) is 0. The lowest BCUT2D eigenvalue weighted by Crippen LogP contribution is -2.35. The fourth-order valence-corrected chi connectivity index (χ4v) is 5.35. The molecule has 0 amide bonds. The van der Waals surface area contributed by atoms with Gasteiger partial charge >= 0.3 is 0 Å². The normalized spacial score (nSPS) is 14.1. The van der Waals surface area contributed by atoms with Crippen LogP contribution in [0.5, 0.6) is 0 Å². The lowest BCUT2D eigenvalue weighted by molar-refractivity contribution is 0.123. The van der Waals surface area contributed by atoms with E-state index in [0.29, 0.717) is 0 Å². The number of anilines is 1. The molecule has 0 bridgehead atoms. The van der Waals surface area contributed by atoms with Crippen LogP contribution in [0.15, 0.2) is 88.7 Å². The maximum Gasteiger partial charge on any atom is 0.0996 e. The van der Waals surface area contributed by atoms with Gasteiger partial charge in [0.25, 0.3) is 0 Å². The van der Waals surface area contributed by atoms with Gasteiger partial charge in [-0.2, -0.15) is 0 Å². The van der Waals surface area contributed by atoms with Gasteiger partial charge in [-0.25, -0.2) is 0 Å². The minimum Gasteiger partial charge on any atom is -0.378 e.